The number of aromatic hydroxyl groups is 1. The van der Waals surface area contributed by atoms with Crippen LogP contribution in [0, 0.1) is 6.92 Å². The van der Waals surface area contributed by atoms with Crippen LogP contribution in [0.2, 0.25) is 0 Å². The summed E-state index contributed by atoms with van der Waals surface area (Å²) in [6.45, 7) is 4.02. The van der Waals surface area contributed by atoms with Crippen LogP contribution < -0.4 is 15.0 Å². The van der Waals surface area contributed by atoms with Crippen molar-refractivity contribution in [1.29, 1.82) is 0 Å². The summed E-state index contributed by atoms with van der Waals surface area (Å²) < 4.78 is 11.0. The van der Waals surface area contributed by atoms with Crippen molar-refractivity contribution in [2.75, 3.05) is 12.0 Å². The molecule has 1 aliphatic rings. The van der Waals surface area contributed by atoms with Crippen LogP contribution in [0.15, 0.2) is 83.0 Å². The lowest BCUT2D eigenvalue weighted by Crippen LogP contribution is -2.46. The predicted octanol–water partition coefficient (Wildman–Crippen LogP) is 5.63. The lowest BCUT2D eigenvalue weighted by Gasteiger charge is -2.37. The molecule has 1 unspecified atom stereocenters. The van der Waals surface area contributed by atoms with Gasteiger partial charge in [0.05, 0.1) is 18.7 Å². The summed E-state index contributed by atoms with van der Waals surface area (Å²) in [5.41, 5.74) is 5.32. The fourth-order valence-electron chi connectivity index (χ4n) is 4.20. The highest BCUT2D eigenvalue weighted by molar-refractivity contribution is 7.80. The molecule has 2 heterocycles. The number of ether oxygens (including phenoxy) is 1. The second kappa shape index (κ2) is 9.23. The van der Waals surface area contributed by atoms with Crippen molar-refractivity contribution in [3.05, 3.63) is 95.5 Å². The van der Waals surface area contributed by atoms with Crippen molar-refractivity contribution in [2.45, 2.75) is 19.9 Å². The van der Waals surface area contributed by atoms with E-state index in [0.717, 1.165) is 33.6 Å². The summed E-state index contributed by atoms with van der Waals surface area (Å²) in [5, 5.41) is 18.6. The molecule has 0 bridgehead atoms. The number of rotatable bonds is 5. The van der Waals surface area contributed by atoms with Crippen LogP contribution in [0.5, 0.6) is 11.5 Å². The molecule has 0 amide bonds. The van der Waals surface area contributed by atoms with Crippen LogP contribution in [0.25, 0.3) is 17.0 Å². The number of benzene rings is 3. The number of hydrogen-bond acceptors (Lipinski definition) is 6. The lowest BCUT2D eigenvalue weighted by atomic mass is 9.94. The molecule has 3 aromatic carbocycles. The third kappa shape index (κ3) is 4.24. The molecule has 0 saturated carbocycles. The highest BCUT2D eigenvalue weighted by Crippen LogP contribution is 2.41. The minimum Gasteiger partial charge on any atom is -0.504 e. The largest absolute Gasteiger partial charge is 0.504 e. The number of phenolic OH excluding ortho intramolecular Hbond substituents is 1. The second-order valence-corrected chi connectivity index (χ2v) is 8.66. The van der Waals surface area contributed by atoms with Crippen molar-refractivity contribution in [3.8, 4) is 22.9 Å². The van der Waals surface area contributed by atoms with Crippen LogP contribution in [-0.4, -0.2) is 27.5 Å². The number of aryl methyl sites for hydroxylation is 1. The molecule has 1 aliphatic heterocycles. The Bertz CT molecular complexity index is 1410. The topological polar surface area (TPSA) is 83.7 Å². The van der Waals surface area contributed by atoms with E-state index in [0.29, 0.717) is 22.6 Å². The number of thiocarbonyl (C=S) groups is 1. The normalized spacial score (nSPS) is 15.8. The number of allylic oxidation sites excluding steroid dienone is 1. The van der Waals surface area contributed by atoms with Crippen LogP contribution in [-0.2, 0) is 0 Å². The molecule has 0 aliphatic carbocycles. The molecular formula is C27H24N4O3S. The van der Waals surface area contributed by atoms with Crippen molar-refractivity contribution in [3.63, 3.8) is 0 Å². The van der Waals surface area contributed by atoms with Crippen molar-refractivity contribution in [1.82, 2.24) is 15.5 Å². The number of nitrogens with zero attached hydrogens (tertiary/aromatic N) is 3. The molecule has 7 nitrogen and oxygen atoms in total. The fraction of sp³-hybridized carbons (Fsp3) is 0.148. The van der Waals surface area contributed by atoms with Gasteiger partial charge in [-0.25, -0.2) is 0 Å². The maximum absolute atomic E-state index is 10.5. The monoisotopic (exact) mass is 484 g/mol. The van der Waals surface area contributed by atoms with Gasteiger partial charge in [-0.1, -0.05) is 59.3 Å². The van der Waals surface area contributed by atoms with E-state index in [-0.39, 0.29) is 5.75 Å². The molecule has 0 fully saturated rings. The Labute approximate surface area is 208 Å². The summed E-state index contributed by atoms with van der Waals surface area (Å²) in [7, 11) is 1.52. The zero-order chi connectivity index (χ0) is 24.5. The predicted molar refractivity (Wildman–Crippen MR) is 139 cm³/mol. The van der Waals surface area contributed by atoms with E-state index < -0.39 is 6.04 Å². The van der Waals surface area contributed by atoms with E-state index in [1.54, 1.807) is 12.1 Å². The highest BCUT2D eigenvalue weighted by Gasteiger charge is 2.35. The van der Waals surface area contributed by atoms with Gasteiger partial charge in [-0.2, -0.15) is 4.98 Å². The number of phenols is 1. The third-order valence-corrected chi connectivity index (χ3v) is 6.30. The van der Waals surface area contributed by atoms with Gasteiger partial charge in [0.1, 0.15) is 0 Å². The van der Waals surface area contributed by atoms with E-state index in [1.807, 2.05) is 79.4 Å². The van der Waals surface area contributed by atoms with Crippen LogP contribution in [0.4, 0.5) is 5.69 Å². The summed E-state index contributed by atoms with van der Waals surface area (Å²) in [5.74, 6) is 1.28. The number of methoxy groups -OCH3 is 1. The summed E-state index contributed by atoms with van der Waals surface area (Å²) in [6.07, 6.45) is 0. The first-order valence-electron chi connectivity index (χ1n) is 11.1. The number of anilines is 1. The van der Waals surface area contributed by atoms with Gasteiger partial charge in [-0.15, -0.1) is 0 Å². The van der Waals surface area contributed by atoms with Gasteiger partial charge < -0.3 is 19.7 Å². The average molecular weight is 485 g/mol. The molecule has 176 valence electrons. The van der Waals surface area contributed by atoms with E-state index in [2.05, 4.69) is 10.5 Å². The molecule has 5 rings (SSSR count). The van der Waals surface area contributed by atoms with E-state index in [1.165, 1.54) is 7.11 Å². The van der Waals surface area contributed by atoms with Gasteiger partial charge >= 0.3 is 0 Å². The van der Waals surface area contributed by atoms with Crippen LogP contribution >= 0.6 is 12.2 Å². The molecule has 8 heteroatoms. The molecule has 0 saturated heterocycles. The Morgan fingerprint density at radius 2 is 1.77 bits per heavy atom. The van der Waals surface area contributed by atoms with Crippen LogP contribution in [0.1, 0.15) is 30.0 Å². The number of nitrogens with one attached hydrogen (secondary N) is 1. The first-order valence-corrected chi connectivity index (χ1v) is 11.5. The highest BCUT2D eigenvalue weighted by atomic mass is 32.1. The molecule has 0 radical (unpaired) electrons. The van der Waals surface area contributed by atoms with Crippen LogP contribution in [0.3, 0.4) is 0 Å². The molecule has 1 aromatic heterocycles. The Kier molecular flexibility index (Phi) is 5.96. The summed E-state index contributed by atoms with van der Waals surface area (Å²) in [6, 6.07) is 22.6. The smallest absolute Gasteiger partial charge is 0.258 e. The zero-order valence-electron chi connectivity index (χ0n) is 19.5. The maximum atomic E-state index is 10.5. The number of aromatic nitrogens is 2. The van der Waals surface area contributed by atoms with E-state index >= 15 is 0 Å². The lowest BCUT2D eigenvalue weighted by molar-refractivity contribution is 0.372. The Morgan fingerprint density at radius 3 is 2.46 bits per heavy atom. The average Bonchev–Trinajstić information content (AvgIpc) is 3.35. The Morgan fingerprint density at radius 1 is 1.03 bits per heavy atom. The minimum absolute atomic E-state index is 0.0335. The molecule has 35 heavy (non-hydrogen) atoms. The first-order chi connectivity index (χ1) is 17.0. The second-order valence-electron chi connectivity index (χ2n) is 8.27. The van der Waals surface area contributed by atoms with Crippen molar-refractivity contribution >= 4 is 28.6 Å². The third-order valence-electron chi connectivity index (χ3n) is 6.00. The van der Waals surface area contributed by atoms with Gasteiger partial charge in [0.25, 0.3) is 5.89 Å². The van der Waals surface area contributed by atoms with Crippen molar-refractivity contribution < 1.29 is 14.4 Å². The Hall–Kier alpha value is -4.17. The first kappa shape index (κ1) is 22.6. The van der Waals surface area contributed by atoms with E-state index in [9.17, 15) is 5.11 Å². The fourth-order valence-corrected chi connectivity index (χ4v) is 4.56. The minimum atomic E-state index is -0.426. The quantitative estimate of drug-likeness (QED) is 0.353. The van der Waals surface area contributed by atoms with Crippen molar-refractivity contribution in [2.24, 2.45) is 0 Å². The Balaban J connectivity index is 1.66. The summed E-state index contributed by atoms with van der Waals surface area (Å²) in [4.78, 5) is 6.68. The molecule has 2 N–H and O–H groups in total. The van der Waals surface area contributed by atoms with Gasteiger partial charge in [0, 0.05) is 16.9 Å². The summed E-state index contributed by atoms with van der Waals surface area (Å²) >= 11 is 5.79. The van der Waals surface area contributed by atoms with Gasteiger partial charge in [0.15, 0.2) is 16.6 Å². The van der Waals surface area contributed by atoms with E-state index in [4.69, 9.17) is 26.5 Å². The maximum Gasteiger partial charge on any atom is 0.258 e. The molecule has 4 aromatic rings. The zero-order valence-corrected chi connectivity index (χ0v) is 20.3. The molecule has 1 atom stereocenters. The molecule has 0 spiro atoms. The molecular weight excluding hydrogens is 460 g/mol. The van der Waals surface area contributed by atoms with Gasteiger partial charge in [0.2, 0.25) is 5.82 Å². The SMILES string of the molecule is COc1ccc(C2NC(=S)N(c3ccc(C)cc3)C(C)=C2c2nc(-c3ccccc3)no2)cc1O. The van der Waals surface area contributed by atoms with Gasteiger partial charge in [-0.3, -0.25) is 4.90 Å². The standard InChI is InChI=1S/C27H24N4O3S/c1-16-9-12-20(13-10-16)31-17(2)23(26-29-25(30-34-26)18-7-5-4-6-8-18)24(28-27(31)35)19-11-14-22(33-3)21(32)15-19/h4-15,24,32H,1-3H3,(H,28,35). The van der Waals surface area contributed by atoms with Gasteiger partial charge in [-0.05, 0) is 55.9 Å². The number of hydrogen-bond donors (Lipinski definition) is 2.